The van der Waals surface area contributed by atoms with Crippen LogP contribution in [-0.4, -0.2) is 6.04 Å². The predicted octanol–water partition coefficient (Wildman–Crippen LogP) is 3.97. The van der Waals surface area contributed by atoms with Crippen molar-refractivity contribution >= 4 is 0 Å². The highest BCUT2D eigenvalue weighted by molar-refractivity contribution is 5.04. The van der Waals surface area contributed by atoms with Crippen LogP contribution in [0.25, 0.3) is 0 Å². The second kappa shape index (κ2) is 6.25. The molecule has 1 saturated carbocycles. The summed E-state index contributed by atoms with van der Waals surface area (Å²) in [6.45, 7) is 5.63. The molecule has 1 heterocycles. The lowest BCUT2D eigenvalue weighted by molar-refractivity contribution is 0.252. The topological polar surface area (TPSA) is 25.2 Å². The lowest BCUT2D eigenvalue weighted by Gasteiger charge is -2.30. The molecule has 1 aliphatic rings. The summed E-state index contributed by atoms with van der Waals surface area (Å²) in [6.07, 6.45) is 10.5. The van der Waals surface area contributed by atoms with Crippen molar-refractivity contribution in [3.63, 3.8) is 0 Å². The fourth-order valence-electron chi connectivity index (χ4n) is 3.01. The van der Waals surface area contributed by atoms with Crippen molar-refractivity contribution in [1.82, 2.24) is 5.32 Å². The van der Waals surface area contributed by atoms with Crippen molar-refractivity contribution < 1.29 is 4.42 Å². The Labute approximate surface area is 105 Å². The summed E-state index contributed by atoms with van der Waals surface area (Å²) in [5.74, 6) is 1.78. The Balaban J connectivity index is 1.73. The lowest BCUT2D eigenvalue weighted by Crippen LogP contribution is -2.34. The van der Waals surface area contributed by atoms with Crippen molar-refractivity contribution in [3.05, 3.63) is 24.2 Å². The van der Waals surface area contributed by atoms with E-state index in [-0.39, 0.29) is 0 Å². The summed E-state index contributed by atoms with van der Waals surface area (Å²) in [7, 11) is 0. The van der Waals surface area contributed by atoms with Gasteiger partial charge in [0.15, 0.2) is 0 Å². The van der Waals surface area contributed by atoms with Crippen LogP contribution >= 0.6 is 0 Å². The molecule has 0 radical (unpaired) electrons. The molecule has 2 rings (SSSR count). The standard InChI is InChI=1S/C15H25NO/c1-12(2)8-13-4-3-5-15(9-13)16-10-14-6-7-17-11-14/h6-7,11-13,15-16H,3-5,8-10H2,1-2H3. The average molecular weight is 235 g/mol. The Hall–Kier alpha value is -0.760. The highest BCUT2D eigenvalue weighted by Gasteiger charge is 2.22. The first-order valence-corrected chi connectivity index (χ1v) is 6.98. The molecule has 1 fully saturated rings. The molecule has 0 spiro atoms. The Bertz CT molecular complexity index is 305. The van der Waals surface area contributed by atoms with E-state index in [2.05, 4.69) is 19.2 Å². The number of rotatable bonds is 5. The SMILES string of the molecule is CC(C)CC1CCCC(NCc2ccoc2)C1. The molecule has 2 atom stereocenters. The Morgan fingerprint density at radius 1 is 1.41 bits per heavy atom. The molecule has 2 heteroatoms. The van der Waals surface area contributed by atoms with E-state index >= 15 is 0 Å². The summed E-state index contributed by atoms with van der Waals surface area (Å²) >= 11 is 0. The smallest absolute Gasteiger partial charge is 0.0947 e. The van der Waals surface area contributed by atoms with Gasteiger partial charge in [0.05, 0.1) is 12.5 Å². The third-order valence-electron chi connectivity index (χ3n) is 3.76. The molecule has 1 aromatic rings. The molecule has 1 N–H and O–H groups in total. The molecule has 0 aromatic carbocycles. The van der Waals surface area contributed by atoms with Crippen molar-refractivity contribution in [2.75, 3.05) is 0 Å². The van der Waals surface area contributed by atoms with Gasteiger partial charge >= 0.3 is 0 Å². The van der Waals surface area contributed by atoms with Gasteiger partial charge in [-0.15, -0.1) is 0 Å². The molecular formula is C15H25NO. The minimum Gasteiger partial charge on any atom is -0.472 e. The molecule has 1 aliphatic carbocycles. The van der Waals surface area contributed by atoms with Crippen molar-refractivity contribution in [3.8, 4) is 0 Å². The highest BCUT2D eigenvalue weighted by Crippen LogP contribution is 2.29. The lowest BCUT2D eigenvalue weighted by atomic mass is 9.81. The van der Waals surface area contributed by atoms with Crippen LogP contribution in [0.15, 0.2) is 23.0 Å². The van der Waals surface area contributed by atoms with Crippen LogP contribution in [0.1, 0.15) is 51.5 Å². The van der Waals surface area contributed by atoms with E-state index in [1.165, 1.54) is 37.7 Å². The maximum Gasteiger partial charge on any atom is 0.0947 e. The summed E-state index contributed by atoms with van der Waals surface area (Å²) in [5.41, 5.74) is 1.26. The van der Waals surface area contributed by atoms with E-state index in [4.69, 9.17) is 4.42 Å². The minimum atomic E-state index is 0.711. The highest BCUT2D eigenvalue weighted by atomic mass is 16.3. The van der Waals surface area contributed by atoms with Gasteiger partial charge < -0.3 is 9.73 Å². The maximum atomic E-state index is 5.09. The molecule has 17 heavy (non-hydrogen) atoms. The van der Waals surface area contributed by atoms with Gasteiger partial charge in [0.25, 0.3) is 0 Å². The van der Waals surface area contributed by atoms with Crippen molar-refractivity contribution in [1.29, 1.82) is 0 Å². The number of hydrogen-bond acceptors (Lipinski definition) is 2. The van der Waals surface area contributed by atoms with E-state index < -0.39 is 0 Å². The number of nitrogens with one attached hydrogen (secondary N) is 1. The summed E-state index contributed by atoms with van der Waals surface area (Å²) < 4.78 is 5.09. The number of hydrogen-bond donors (Lipinski definition) is 1. The molecule has 0 saturated heterocycles. The molecule has 2 unspecified atom stereocenters. The number of furan rings is 1. The summed E-state index contributed by atoms with van der Waals surface area (Å²) in [4.78, 5) is 0. The first-order chi connectivity index (χ1) is 8.24. The maximum absolute atomic E-state index is 5.09. The normalized spacial score (nSPS) is 25.4. The van der Waals surface area contributed by atoms with Crippen LogP contribution in [0.5, 0.6) is 0 Å². The molecule has 1 aromatic heterocycles. The Kier molecular flexibility index (Phi) is 4.66. The van der Waals surface area contributed by atoms with Crippen molar-refractivity contribution in [2.45, 2.75) is 58.5 Å². The van der Waals surface area contributed by atoms with Crippen molar-refractivity contribution in [2.24, 2.45) is 11.8 Å². The monoisotopic (exact) mass is 235 g/mol. The van der Waals surface area contributed by atoms with E-state index in [0.29, 0.717) is 6.04 Å². The quantitative estimate of drug-likeness (QED) is 0.835. The molecule has 96 valence electrons. The summed E-state index contributed by atoms with van der Waals surface area (Å²) in [5, 5.41) is 3.67. The minimum absolute atomic E-state index is 0.711. The van der Waals surface area contributed by atoms with Gasteiger partial charge in [0.2, 0.25) is 0 Å². The van der Waals surface area contributed by atoms with Gasteiger partial charge in [0.1, 0.15) is 0 Å². The summed E-state index contributed by atoms with van der Waals surface area (Å²) in [6, 6.07) is 2.75. The van der Waals surface area contributed by atoms with Gasteiger partial charge in [0, 0.05) is 18.2 Å². The zero-order chi connectivity index (χ0) is 12.1. The van der Waals surface area contributed by atoms with Crippen LogP contribution in [0.4, 0.5) is 0 Å². The molecule has 2 nitrogen and oxygen atoms in total. The largest absolute Gasteiger partial charge is 0.472 e. The van der Waals surface area contributed by atoms with Crippen LogP contribution in [0.2, 0.25) is 0 Å². The van der Waals surface area contributed by atoms with E-state index in [9.17, 15) is 0 Å². The van der Waals surface area contributed by atoms with Crippen LogP contribution in [0.3, 0.4) is 0 Å². The van der Waals surface area contributed by atoms with Crippen LogP contribution < -0.4 is 5.32 Å². The average Bonchev–Trinajstić information content (AvgIpc) is 2.79. The van der Waals surface area contributed by atoms with Gasteiger partial charge in [-0.1, -0.05) is 26.7 Å². The van der Waals surface area contributed by atoms with Crippen LogP contribution in [0, 0.1) is 11.8 Å². The predicted molar refractivity (Wildman–Crippen MR) is 70.7 cm³/mol. The van der Waals surface area contributed by atoms with E-state index in [0.717, 1.165) is 18.4 Å². The third kappa shape index (κ3) is 4.19. The molecule has 0 bridgehead atoms. The zero-order valence-electron chi connectivity index (χ0n) is 11.1. The fourth-order valence-corrected chi connectivity index (χ4v) is 3.01. The van der Waals surface area contributed by atoms with Gasteiger partial charge in [-0.3, -0.25) is 0 Å². The Morgan fingerprint density at radius 3 is 3.00 bits per heavy atom. The van der Waals surface area contributed by atoms with Gasteiger partial charge in [-0.05, 0) is 37.2 Å². The van der Waals surface area contributed by atoms with E-state index in [1.54, 1.807) is 6.26 Å². The Morgan fingerprint density at radius 2 is 2.29 bits per heavy atom. The molecular weight excluding hydrogens is 210 g/mol. The molecule has 0 amide bonds. The second-order valence-electron chi connectivity index (χ2n) is 5.87. The van der Waals surface area contributed by atoms with Crippen LogP contribution in [-0.2, 0) is 6.54 Å². The van der Waals surface area contributed by atoms with Gasteiger partial charge in [-0.2, -0.15) is 0 Å². The zero-order valence-corrected chi connectivity index (χ0v) is 11.1. The van der Waals surface area contributed by atoms with Gasteiger partial charge in [-0.25, -0.2) is 0 Å². The molecule has 0 aliphatic heterocycles. The third-order valence-corrected chi connectivity index (χ3v) is 3.76. The van der Waals surface area contributed by atoms with E-state index in [1.807, 2.05) is 12.3 Å². The first kappa shape index (κ1) is 12.7. The first-order valence-electron chi connectivity index (χ1n) is 6.98. The second-order valence-corrected chi connectivity index (χ2v) is 5.87. The fraction of sp³-hybridized carbons (Fsp3) is 0.733.